The van der Waals surface area contributed by atoms with Crippen LogP contribution in [0.15, 0.2) is 30.3 Å². The van der Waals surface area contributed by atoms with Gasteiger partial charge in [0.05, 0.1) is 22.2 Å². The summed E-state index contributed by atoms with van der Waals surface area (Å²) in [7, 11) is 0. The Bertz CT molecular complexity index is 1190. The molecule has 1 aliphatic carbocycles. The first-order valence-corrected chi connectivity index (χ1v) is 11.3. The second kappa shape index (κ2) is 10.2. The molecule has 0 bridgehead atoms. The van der Waals surface area contributed by atoms with Gasteiger partial charge in [0.25, 0.3) is 5.91 Å². The van der Waals surface area contributed by atoms with Gasteiger partial charge in [-0.25, -0.2) is 17.6 Å². The summed E-state index contributed by atoms with van der Waals surface area (Å²) >= 11 is 17.8. The number of rotatable bonds is 8. The Morgan fingerprint density at radius 2 is 1.74 bits per heavy atom. The Balaban J connectivity index is 1.74. The van der Waals surface area contributed by atoms with Crippen LogP contribution in [0.1, 0.15) is 36.5 Å². The summed E-state index contributed by atoms with van der Waals surface area (Å²) in [4.78, 5) is 36.7. The van der Waals surface area contributed by atoms with Crippen LogP contribution in [0.3, 0.4) is 0 Å². The third kappa shape index (κ3) is 6.99. The molecule has 35 heavy (non-hydrogen) atoms. The van der Waals surface area contributed by atoms with Crippen molar-refractivity contribution in [2.24, 2.45) is 5.92 Å². The molecule has 1 atom stereocenters. The summed E-state index contributed by atoms with van der Waals surface area (Å²) in [6.07, 6.45) is -1.23. The molecule has 3 amide bonds. The average Bonchev–Trinajstić information content (AvgIpc) is 3.40. The van der Waals surface area contributed by atoms with Crippen molar-refractivity contribution in [3.63, 3.8) is 0 Å². The Morgan fingerprint density at radius 3 is 2.34 bits per heavy atom. The SMILES string of the molecule is CC(F)(F)CCC(=O)Nc1c(F)ccc(NC(=O)c2cc(NC(=O)C3CC3(Cl)Cl)ccc2Cl)c1F. The van der Waals surface area contributed by atoms with Crippen LogP contribution in [-0.2, 0) is 9.59 Å². The molecule has 2 aromatic rings. The lowest BCUT2D eigenvalue weighted by atomic mass is 10.1. The fraction of sp³-hybridized carbons (Fsp3) is 0.318. The minimum atomic E-state index is -3.13. The zero-order valence-corrected chi connectivity index (χ0v) is 20.2. The van der Waals surface area contributed by atoms with Gasteiger partial charge in [0.2, 0.25) is 17.7 Å². The molecule has 3 N–H and O–H groups in total. The summed E-state index contributed by atoms with van der Waals surface area (Å²) in [6, 6.07) is 5.67. The van der Waals surface area contributed by atoms with E-state index < -0.39 is 69.7 Å². The lowest BCUT2D eigenvalue weighted by molar-refractivity contribution is -0.118. The largest absolute Gasteiger partial charge is 0.326 e. The highest BCUT2D eigenvalue weighted by Crippen LogP contribution is 2.53. The number of halogens is 7. The van der Waals surface area contributed by atoms with Gasteiger partial charge in [-0.2, -0.15) is 0 Å². The molecule has 0 saturated heterocycles. The molecule has 1 fully saturated rings. The van der Waals surface area contributed by atoms with Gasteiger partial charge in [-0.1, -0.05) is 11.6 Å². The zero-order valence-electron chi connectivity index (χ0n) is 18.0. The number of alkyl halides is 4. The Hall–Kier alpha value is -2.56. The molecule has 0 spiro atoms. The molecule has 0 radical (unpaired) electrons. The van der Waals surface area contributed by atoms with Crippen LogP contribution in [0.2, 0.25) is 5.02 Å². The van der Waals surface area contributed by atoms with E-state index in [-0.39, 0.29) is 22.7 Å². The topological polar surface area (TPSA) is 87.3 Å². The maximum atomic E-state index is 14.8. The van der Waals surface area contributed by atoms with Crippen molar-refractivity contribution in [3.8, 4) is 0 Å². The van der Waals surface area contributed by atoms with Crippen LogP contribution >= 0.6 is 34.8 Å². The summed E-state index contributed by atoms with van der Waals surface area (Å²) in [6.45, 7) is 0.609. The van der Waals surface area contributed by atoms with E-state index >= 15 is 0 Å². The normalized spacial score (nSPS) is 16.4. The van der Waals surface area contributed by atoms with Crippen LogP contribution < -0.4 is 16.0 Å². The van der Waals surface area contributed by atoms with Crippen molar-refractivity contribution in [2.75, 3.05) is 16.0 Å². The molecule has 3 rings (SSSR count). The second-order valence-corrected chi connectivity index (χ2v) is 10.0. The summed E-state index contributed by atoms with van der Waals surface area (Å²) in [5.74, 6) is -8.66. The van der Waals surface area contributed by atoms with E-state index in [9.17, 15) is 31.9 Å². The molecule has 13 heteroatoms. The van der Waals surface area contributed by atoms with E-state index in [0.717, 1.165) is 12.1 Å². The second-order valence-electron chi connectivity index (χ2n) is 8.06. The van der Waals surface area contributed by atoms with Gasteiger partial charge in [0.15, 0.2) is 5.82 Å². The molecule has 1 saturated carbocycles. The molecule has 0 aromatic heterocycles. The van der Waals surface area contributed by atoms with E-state index in [4.69, 9.17) is 34.8 Å². The first-order valence-electron chi connectivity index (χ1n) is 10.1. The number of nitrogens with one attached hydrogen (secondary N) is 3. The minimum Gasteiger partial charge on any atom is -0.326 e. The fourth-order valence-corrected chi connectivity index (χ4v) is 3.70. The van der Waals surface area contributed by atoms with E-state index in [0.29, 0.717) is 6.92 Å². The highest BCUT2D eigenvalue weighted by atomic mass is 35.5. The maximum Gasteiger partial charge on any atom is 0.257 e. The van der Waals surface area contributed by atoms with Crippen LogP contribution in [0, 0.1) is 17.6 Å². The highest BCUT2D eigenvalue weighted by Gasteiger charge is 2.56. The Kier molecular flexibility index (Phi) is 7.88. The summed E-state index contributed by atoms with van der Waals surface area (Å²) in [5, 5.41) is 6.62. The van der Waals surface area contributed by atoms with Crippen molar-refractivity contribution in [2.45, 2.75) is 36.4 Å². The van der Waals surface area contributed by atoms with Gasteiger partial charge < -0.3 is 16.0 Å². The van der Waals surface area contributed by atoms with Crippen molar-refractivity contribution < 1.29 is 31.9 Å². The molecule has 1 unspecified atom stereocenters. The quantitative estimate of drug-likeness (QED) is 0.262. The molecule has 6 nitrogen and oxygen atoms in total. The Morgan fingerprint density at radius 1 is 1.09 bits per heavy atom. The maximum absolute atomic E-state index is 14.8. The third-order valence-electron chi connectivity index (χ3n) is 5.02. The number of benzene rings is 2. The number of carbonyl (C=O) groups excluding carboxylic acids is 3. The molecule has 1 aliphatic rings. The molecular formula is C22H18Cl3F4N3O3. The predicted octanol–water partition coefficient (Wildman–Crippen LogP) is 6.38. The van der Waals surface area contributed by atoms with E-state index in [1.165, 1.54) is 18.2 Å². The number of hydrogen-bond acceptors (Lipinski definition) is 3. The lowest BCUT2D eigenvalue weighted by Gasteiger charge is -2.14. The molecule has 2 aromatic carbocycles. The van der Waals surface area contributed by atoms with Gasteiger partial charge in [0, 0.05) is 18.5 Å². The predicted molar refractivity (Wildman–Crippen MR) is 125 cm³/mol. The van der Waals surface area contributed by atoms with Crippen molar-refractivity contribution in [1.29, 1.82) is 0 Å². The summed E-state index contributed by atoms with van der Waals surface area (Å²) < 4.78 is 53.6. The van der Waals surface area contributed by atoms with Crippen molar-refractivity contribution in [3.05, 3.63) is 52.6 Å². The first-order chi connectivity index (χ1) is 16.2. The molecular weight excluding hydrogens is 537 g/mol. The van der Waals surface area contributed by atoms with Gasteiger partial charge in [0.1, 0.15) is 15.8 Å². The van der Waals surface area contributed by atoms with Crippen LogP contribution in [0.25, 0.3) is 0 Å². The monoisotopic (exact) mass is 553 g/mol. The smallest absolute Gasteiger partial charge is 0.257 e. The Labute approximate surface area is 212 Å². The fourth-order valence-electron chi connectivity index (χ4n) is 2.99. The lowest BCUT2D eigenvalue weighted by Crippen LogP contribution is -2.20. The third-order valence-corrected chi connectivity index (χ3v) is 6.18. The molecule has 0 heterocycles. The number of amides is 3. The minimum absolute atomic E-state index is 0.0347. The molecule has 0 aliphatic heterocycles. The van der Waals surface area contributed by atoms with E-state index in [1.54, 1.807) is 0 Å². The first kappa shape index (κ1) is 27.0. The van der Waals surface area contributed by atoms with Gasteiger partial charge in [-0.15, -0.1) is 23.2 Å². The standard InChI is InChI=1S/C22H18Cl3F4N3O3/c1-21(28,29)7-6-16(33)32-18-14(26)4-5-15(17(18)27)31-19(34)11-8-10(2-3-13(11)23)30-20(35)12-9-22(12,24)25/h2-5,8,12H,6-7,9H2,1H3,(H,30,35)(H,31,34)(H,32,33). The number of anilines is 3. The van der Waals surface area contributed by atoms with E-state index in [1.807, 2.05) is 5.32 Å². The number of carbonyl (C=O) groups is 3. The number of hydrogen-bond donors (Lipinski definition) is 3. The van der Waals surface area contributed by atoms with Crippen LogP contribution in [0.5, 0.6) is 0 Å². The van der Waals surface area contributed by atoms with Gasteiger partial charge in [-0.3, -0.25) is 14.4 Å². The van der Waals surface area contributed by atoms with Gasteiger partial charge in [-0.05, 0) is 43.7 Å². The highest BCUT2D eigenvalue weighted by molar-refractivity contribution is 6.52. The zero-order chi connectivity index (χ0) is 26.1. The van der Waals surface area contributed by atoms with Crippen molar-refractivity contribution >= 4 is 69.6 Å². The van der Waals surface area contributed by atoms with Crippen molar-refractivity contribution in [1.82, 2.24) is 0 Å². The van der Waals surface area contributed by atoms with Gasteiger partial charge >= 0.3 is 0 Å². The van der Waals surface area contributed by atoms with E-state index in [2.05, 4.69) is 10.6 Å². The summed E-state index contributed by atoms with van der Waals surface area (Å²) in [5.41, 5.74) is -1.37. The van der Waals surface area contributed by atoms with Crippen LogP contribution in [-0.4, -0.2) is 28.0 Å². The van der Waals surface area contributed by atoms with Crippen LogP contribution in [0.4, 0.5) is 34.6 Å². The molecule has 188 valence electrons. The average molecular weight is 555 g/mol.